The molecule has 7 heteroatoms. The van der Waals surface area contributed by atoms with Crippen LogP contribution in [-0.2, 0) is 9.53 Å². The number of carbonyl (C=O) groups excluding carboxylic acids is 1. The van der Waals surface area contributed by atoms with Crippen LogP contribution in [0.1, 0.15) is 11.1 Å². The molecule has 1 heterocycles. The number of cyclic esters (lactones) is 1. The molecule has 0 bridgehead atoms. The summed E-state index contributed by atoms with van der Waals surface area (Å²) < 4.78 is 5.11. The number of nitrogens with zero attached hydrogens (tertiary/aromatic N) is 1. The fourth-order valence-electron chi connectivity index (χ4n) is 2.09. The molecule has 0 saturated heterocycles. The largest absolute Gasteiger partial charge is 0.403 e. The molecular weight excluding hydrogens is 404 g/mol. The van der Waals surface area contributed by atoms with E-state index in [0.717, 1.165) is 0 Å². The van der Waals surface area contributed by atoms with Crippen molar-refractivity contribution in [2.45, 2.75) is 0 Å². The minimum Gasteiger partial charge on any atom is -0.403 e. The highest BCUT2D eigenvalue weighted by Crippen LogP contribution is 2.29. The Morgan fingerprint density at radius 3 is 2.12 bits per heavy atom. The number of hydrogen-bond donors (Lipinski definition) is 0. The summed E-state index contributed by atoms with van der Waals surface area (Å²) in [5.41, 5.74) is 1.39. The van der Waals surface area contributed by atoms with Crippen LogP contribution in [-0.4, -0.2) is 11.9 Å². The molecule has 2 aromatic carbocycles. The Morgan fingerprint density at radius 1 is 0.840 bits per heavy atom. The summed E-state index contributed by atoms with van der Waals surface area (Å²) in [7, 11) is 0. The topological polar surface area (TPSA) is 38.7 Å². The Labute approximate surface area is 164 Å². The van der Waals surface area contributed by atoms with Crippen LogP contribution in [0.5, 0.6) is 0 Å². The van der Waals surface area contributed by atoms with Gasteiger partial charge in [-0.3, -0.25) is 0 Å². The van der Waals surface area contributed by atoms with E-state index in [9.17, 15) is 4.79 Å². The van der Waals surface area contributed by atoms with Gasteiger partial charge in [-0.1, -0.05) is 70.7 Å². The van der Waals surface area contributed by atoms with Gasteiger partial charge in [0.25, 0.3) is 0 Å². The van der Waals surface area contributed by atoms with Gasteiger partial charge in [0, 0.05) is 6.08 Å². The molecule has 0 aliphatic carbocycles. The van der Waals surface area contributed by atoms with Gasteiger partial charge in [-0.25, -0.2) is 9.79 Å². The van der Waals surface area contributed by atoms with E-state index in [2.05, 4.69) is 4.99 Å². The molecule has 0 unspecified atom stereocenters. The van der Waals surface area contributed by atoms with Crippen LogP contribution in [0, 0.1) is 0 Å². The van der Waals surface area contributed by atoms with E-state index in [-0.39, 0.29) is 11.6 Å². The number of ether oxygens (including phenoxy) is 1. The van der Waals surface area contributed by atoms with Gasteiger partial charge in [-0.05, 0) is 35.4 Å². The maximum atomic E-state index is 12.0. The van der Waals surface area contributed by atoms with Crippen molar-refractivity contribution in [2.75, 3.05) is 0 Å². The van der Waals surface area contributed by atoms with Crippen LogP contribution >= 0.6 is 46.4 Å². The number of carbonyl (C=O) groups is 1. The molecule has 0 radical (unpaired) electrons. The zero-order valence-corrected chi connectivity index (χ0v) is 15.5. The van der Waals surface area contributed by atoms with Crippen molar-refractivity contribution in [3.05, 3.63) is 79.4 Å². The quantitative estimate of drug-likeness (QED) is 0.437. The van der Waals surface area contributed by atoms with E-state index in [0.29, 0.717) is 31.2 Å². The predicted octanol–water partition coefficient (Wildman–Crippen LogP) is 6.31. The molecule has 0 saturated carbocycles. The maximum Gasteiger partial charge on any atom is 0.363 e. The third-order valence-corrected chi connectivity index (χ3v) is 4.96. The second-order valence-electron chi connectivity index (χ2n) is 4.99. The highest BCUT2D eigenvalue weighted by molar-refractivity contribution is 6.43. The number of hydrogen-bond acceptors (Lipinski definition) is 3. The molecule has 0 amide bonds. The first-order valence-electron chi connectivity index (χ1n) is 7.04. The van der Waals surface area contributed by atoms with Crippen LogP contribution in [0.3, 0.4) is 0 Å². The summed E-state index contributed by atoms with van der Waals surface area (Å²) in [5, 5.41) is 1.58. The van der Waals surface area contributed by atoms with Crippen molar-refractivity contribution in [3.63, 3.8) is 0 Å². The second kappa shape index (κ2) is 7.63. The number of benzene rings is 2. The first kappa shape index (κ1) is 18.0. The van der Waals surface area contributed by atoms with Crippen molar-refractivity contribution in [1.82, 2.24) is 0 Å². The monoisotopic (exact) mass is 411 g/mol. The lowest BCUT2D eigenvalue weighted by atomic mass is 10.2. The predicted molar refractivity (Wildman–Crippen MR) is 103 cm³/mol. The highest BCUT2D eigenvalue weighted by atomic mass is 35.5. The summed E-state index contributed by atoms with van der Waals surface area (Å²) in [6.07, 6.45) is 4.72. The third kappa shape index (κ3) is 4.07. The lowest BCUT2D eigenvalue weighted by molar-refractivity contribution is -0.129. The third-order valence-electron chi connectivity index (χ3n) is 3.30. The highest BCUT2D eigenvalue weighted by Gasteiger charge is 2.21. The summed E-state index contributed by atoms with van der Waals surface area (Å²) in [5.74, 6) is -0.432. The Morgan fingerprint density at radius 2 is 1.44 bits per heavy atom. The van der Waals surface area contributed by atoms with E-state index in [4.69, 9.17) is 51.1 Å². The number of halogens is 4. The molecule has 0 spiro atoms. The van der Waals surface area contributed by atoms with E-state index in [1.807, 2.05) is 0 Å². The second-order valence-corrected chi connectivity index (χ2v) is 6.56. The Bertz CT molecular complexity index is 948. The normalized spacial score (nSPS) is 15.8. The van der Waals surface area contributed by atoms with Gasteiger partial charge in [-0.15, -0.1) is 0 Å². The van der Waals surface area contributed by atoms with E-state index in [1.54, 1.807) is 42.5 Å². The van der Waals surface area contributed by atoms with E-state index < -0.39 is 5.97 Å². The van der Waals surface area contributed by atoms with Crippen LogP contribution in [0.15, 0.2) is 53.2 Å². The molecule has 0 atom stereocenters. The Kier molecular flexibility index (Phi) is 5.50. The van der Waals surface area contributed by atoms with Crippen molar-refractivity contribution in [3.8, 4) is 0 Å². The van der Waals surface area contributed by atoms with E-state index >= 15 is 0 Å². The van der Waals surface area contributed by atoms with Gasteiger partial charge in [0.05, 0.1) is 20.1 Å². The maximum absolute atomic E-state index is 12.0. The first-order chi connectivity index (χ1) is 12.0. The zero-order valence-electron chi connectivity index (χ0n) is 12.5. The standard InChI is InChI=1S/C18H9Cl4NO2/c19-12-5-1-3-10(16(12)21)7-8-15-23-14(18(24)25-15)9-11-4-2-6-13(20)17(11)22/h1-9H/b8-7+,14-9-. The van der Waals surface area contributed by atoms with Gasteiger partial charge in [0.2, 0.25) is 5.90 Å². The molecule has 2 aromatic rings. The minimum atomic E-state index is -0.576. The first-order valence-corrected chi connectivity index (χ1v) is 8.55. The number of esters is 1. The summed E-state index contributed by atoms with van der Waals surface area (Å²) >= 11 is 24.1. The molecule has 0 aromatic heterocycles. The van der Waals surface area contributed by atoms with Gasteiger partial charge in [0.1, 0.15) is 0 Å². The fraction of sp³-hybridized carbons (Fsp3) is 0. The SMILES string of the molecule is O=C1OC(/C=C/c2cccc(Cl)c2Cl)=NC/1=C\c1cccc(Cl)c1Cl. The van der Waals surface area contributed by atoms with Crippen molar-refractivity contribution in [2.24, 2.45) is 4.99 Å². The Balaban J connectivity index is 1.88. The van der Waals surface area contributed by atoms with Crippen molar-refractivity contribution in [1.29, 1.82) is 0 Å². The number of rotatable bonds is 3. The van der Waals surface area contributed by atoms with Crippen LogP contribution < -0.4 is 0 Å². The molecule has 1 aliphatic heterocycles. The average Bonchev–Trinajstić information content (AvgIpc) is 2.93. The van der Waals surface area contributed by atoms with Crippen LogP contribution in [0.25, 0.3) is 12.2 Å². The summed E-state index contributed by atoms with van der Waals surface area (Å²) in [6, 6.07) is 10.3. The molecule has 126 valence electrons. The van der Waals surface area contributed by atoms with Gasteiger partial charge >= 0.3 is 5.97 Å². The molecular formula is C18H9Cl4NO2. The average molecular weight is 413 g/mol. The van der Waals surface area contributed by atoms with Gasteiger partial charge in [-0.2, -0.15) is 0 Å². The van der Waals surface area contributed by atoms with Crippen LogP contribution in [0.2, 0.25) is 20.1 Å². The van der Waals surface area contributed by atoms with E-state index in [1.165, 1.54) is 12.2 Å². The fourth-order valence-corrected chi connectivity index (χ4v) is 2.82. The molecule has 0 fully saturated rings. The molecule has 3 rings (SSSR count). The van der Waals surface area contributed by atoms with Crippen LogP contribution in [0.4, 0.5) is 0 Å². The smallest absolute Gasteiger partial charge is 0.363 e. The molecule has 3 nitrogen and oxygen atoms in total. The lowest BCUT2D eigenvalue weighted by Crippen LogP contribution is -2.01. The Hall–Kier alpha value is -1.78. The summed E-state index contributed by atoms with van der Waals surface area (Å²) in [4.78, 5) is 16.1. The molecule has 25 heavy (non-hydrogen) atoms. The molecule has 1 aliphatic rings. The number of aliphatic imine (C=N–C) groups is 1. The minimum absolute atomic E-state index is 0.126. The zero-order chi connectivity index (χ0) is 18.0. The van der Waals surface area contributed by atoms with Gasteiger partial charge in [0.15, 0.2) is 5.70 Å². The summed E-state index contributed by atoms with van der Waals surface area (Å²) in [6.45, 7) is 0. The van der Waals surface area contributed by atoms with Gasteiger partial charge < -0.3 is 4.74 Å². The van der Waals surface area contributed by atoms with Crippen molar-refractivity contribution < 1.29 is 9.53 Å². The lowest BCUT2D eigenvalue weighted by Gasteiger charge is -2.00. The van der Waals surface area contributed by atoms with Crippen molar-refractivity contribution >= 4 is 70.4 Å². The molecule has 0 N–H and O–H groups in total.